The molecule has 0 radical (unpaired) electrons. The Labute approximate surface area is 227 Å². The number of likely N-dealkylation sites (tertiary alicyclic amines) is 1. The highest BCUT2D eigenvalue weighted by atomic mass is 32.1. The van der Waals surface area contributed by atoms with E-state index in [-0.39, 0.29) is 34.9 Å². The monoisotopic (exact) mass is 564 g/mol. The number of thiocarbonyl (C=S) groups is 1. The van der Waals surface area contributed by atoms with Crippen LogP contribution in [0.5, 0.6) is 5.75 Å². The minimum atomic E-state index is -4.83. The van der Waals surface area contributed by atoms with Crippen molar-refractivity contribution in [2.75, 3.05) is 29.4 Å². The van der Waals surface area contributed by atoms with Crippen molar-refractivity contribution in [3.05, 3.63) is 53.3 Å². The van der Waals surface area contributed by atoms with Gasteiger partial charge in [-0.05, 0) is 69.2 Å². The minimum absolute atomic E-state index is 0.0246. The summed E-state index contributed by atoms with van der Waals surface area (Å²) in [4.78, 5) is 28.3. The highest BCUT2D eigenvalue weighted by molar-refractivity contribution is 7.81. The molecule has 206 valence electrons. The summed E-state index contributed by atoms with van der Waals surface area (Å²) in [5.41, 5.74) is -3.12. The summed E-state index contributed by atoms with van der Waals surface area (Å²) in [6, 6.07) is 8.41. The largest absolute Gasteiger partial charge is 0.487 e. The third kappa shape index (κ3) is 5.53. The summed E-state index contributed by atoms with van der Waals surface area (Å²) in [7, 11) is 0. The first-order valence-electron chi connectivity index (χ1n) is 11.9. The second kappa shape index (κ2) is 10.4. The first-order chi connectivity index (χ1) is 18.2. The quantitative estimate of drug-likeness (QED) is 0.403. The van der Waals surface area contributed by atoms with Gasteiger partial charge in [-0.2, -0.15) is 18.4 Å². The zero-order chi connectivity index (χ0) is 28.7. The standard InChI is InChI=1S/C26H24F4N4O4S/c1-25(2)23(37)33(16-4-3-15(13-31)19(11-16)26(28,29)30)24(39)34(25)17-5-6-21(20(27)12-17)38-18-7-9-32(10-8-18)14-22(35)36/h3-6,11-12,18H,7-10,14H2,1-2H3,(H,35,36). The number of benzene rings is 2. The number of aliphatic carboxylic acids is 1. The molecular weight excluding hydrogens is 540 g/mol. The molecule has 2 fully saturated rings. The maximum Gasteiger partial charge on any atom is 0.417 e. The Morgan fingerprint density at radius 2 is 1.82 bits per heavy atom. The van der Waals surface area contributed by atoms with E-state index in [9.17, 15) is 22.8 Å². The lowest BCUT2D eigenvalue weighted by Gasteiger charge is -2.32. The van der Waals surface area contributed by atoms with E-state index < -0.39 is 40.5 Å². The molecule has 39 heavy (non-hydrogen) atoms. The molecule has 1 N–H and O–H groups in total. The number of hydrogen-bond acceptors (Lipinski definition) is 6. The van der Waals surface area contributed by atoms with Gasteiger partial charge in [-0.15, -0.1) is 0 Å². The van der Waals surface area contributed by atoms with Gasteiger partial charge in [0, 0.05) is 24.8 Å². The Morgan fingerprint density at radius 3 is 2.38 bits per heavy atom. The molecule has 0 spiro atoms. The number of anilines is 2. The first kappa shape index (κ1) is 28.3. The molecule has 13 heteroatoms. The van der Waals surface area contributed by atoms with E-state index in [1.807, 2.05) is 0 Å². The van der Waals surface area contributed by atoms with Crippen LogP contribution in [-0.4, -0.2) is 58.3 Å². The van der Waals surface area contributed by atoms with E-state index in [4.69, 9.17) is 27.3 Å². The number of amides is 1. The van der Waals surface area contributed by atoms with Gasteiger partial charge in [0.15, 0.2) is 16.7 Å². The van der Waals surface area contributed by atoms with Gasteiger partial charge in [0.1, 0.15) is 11.6 Å². The first-order valence-corrected chi connectivity index (χ1v) is 12.4. The molecule has 2 aromatic carbocycles. The third-order valence-electron chi connectivity index (χ3n) is 6.72. The van der Waals surface area contributed by atoms with Crippen LogP contribution >= 0.6 is 12.2 Å². The van der Waals surface area contributed by atoms with Gasteiger partial charge in [-0.1, -0.05) is 0 Å². The van der Waals surface area contributed by atoms with Crippen molar-refractivity contribution < 1.29 is 37.0 Å². The van der Waals surface area contributed by atoms with Crippen molar-refractivity contribution in [1.29, 1.82) is 5.26 Å². The second-order valence-corrected chi connectivity index (χ2v) is 10.1. The number of ether oxygens (including phenoxy) is 1. The number of nitrogens with zero attached hydrogens (tertiary/aromatic N) is 4. The maximum absolute atomic E-state index is 15.1. The van der Waals surface area contributed by atoms with Crippen LogP contribution in [0.4, 0.5) is 28.9 Å². The Bertz CT molecular complexity index is 1370. The third-order valence-corrected chi connectivity index (χ3v) is 7.08. The van der Waals surface area contributed by atoms with Crippen LogP contribution in [0.3, 0.4) is 0 Å². The lowest BCUT2D eigenvalue weighted by Crippen LogP contribution is -2.44. The fraction of sp³-hybridized carbons (Fsp3) is 0.385. The van der Waals surface area contributed by atoms with Gasteiger partial charge in [0.25, 0.3) is 5.91 Å². The summed E-state index contributed by atoms with van der Waals surface area (Å²) in [6.07, 6.45) is -4.10. The zero-order valence-electron chi connectivity index (χ0n) is 21.0. The number of carboxylic acids is 1. The Balaban J connectivity index is 1.57. The Morgan fingerprint density at radius 1 is 1.18 bits per heavy atom. The van der Waals surface area contributed by atoms with E-state index in [0.717, 1.165) is 17.0 Å². The van der Waals surface area contributed by atoms with Crippen LogP contribution < -0.4 is 14.5 Å². The molecule has 0 aliphatic carbocycles. The van der Waals surface area contributed by atoms with Crippen molar-refractivity contribution >= 4 is 40.6 Å². The molecule has 2 heterocycles. The molecule has 0 bridgehead atoms. The number of rotatable bonds is 6. The molecule has 2 saturated heterocycles. The van der Waals surface area contributed by atoms with Gasteiger partial charge in [0.05, 0.1) is 29.4 Å². The van der Waals surface area contributed by atoms with Crippen molar-refractivity contribution in [3.8, 4) is 11.8 Å². The van der Waals surface area contributed by atoms with Crippen LogP contribution in [0.25, 0.3) is 0 Å². The number of carboxylic acid groups (broad SMARTS) is 1. The average Bonchev–Trinajstić information content (AvgIpc) is 3.03. The molecule has 0 atom stereocenters. The number of carbonyl (C=O) groups excluding carboxylic acids is 1. The van der Waals surface area contributed by atoms with Gasteiger partial charge < -0.3 is 14.7 Å². The van der Waals surface area contributed by atoms with E-state index in [0.29, 0.717) is 32.0 Å². The molecule has 0 saturated carbocycles. The van der Waals surface area contributed by atoms with Gasteiger partial charge in [0.2, 0.25) is 0 Å². The Kier molecular flexibility index (Phi) is 7.55. The highest BCUT2D eigenvalue weighted by Gasteiger charge is 2.51. The average molecular weight is 565 g/mol. The summed E-state index contributed by atoms with van der Waals surface area (Å²) < 4.78 is 61.5. The topological polar surface area (TPSA) is 97.1 Å². The number of hydrogen-bond donors (Lipinski definition) is 1. The van der Waals surface area contributed by atoms with Crippen LogP contribution in [0.1, 0.15) is 37.8 Å². The van der Waals surface area contributed by atoms with Crippen molar-refractivity contribution in [3.63, 3.8) is 0 Å². The van der Waals surface area contributed by atoms with E-state index in [1.54, 1.807) is 4.90 Å². The lowest BCUT2D eigenvalue weighted by atomic mass is 10.0. The molecule has 2 aliphatic heterocycles. The summed E-state index contributed by atoms with van der Waals surface area (Å²) in [5.74, 6) is -2.29. The van der Waals surface area contributed by atoms with Gasteiger partial charge in [-0.3, -0.25) is 19.4 Å². The van der Waals surface area contributed by atoms with E-state index in [1.165, 1.54) is 43.0 Å². The fourth-order valence-electron chi connectivity index (χ4n) is 4.74. The highest BCUT2D eigenvalue weighted by Crippen LogP contribution is 2.40. The van der Waals surface area contributed by atoms with Gasteiger partial charge in [-0.25, -0.2) is 4.39 Å². The predicted octanol–water partition coefficient (Wildman–Crippen LogP) is 4.56. The maximum atomic E-state index is 15.1. The van der Waals surface area contributed by atoms with Gasteiger partial charge >= 0.3 is 12.1 Å². The second-order valence-electron chi connectivity index (χ2n) is 9.76. The van der Waals surface area contributed by atoms with Crippen LogP contribution in [-0.2, 0) is 15.8 Å². The molecule has 4 rings (SSSR count). The normalized spacial score (nSPS) is 18.4. The smallest absolute Gasteiger partial charge is 0.417 e. The number of carbonyl (C=O) groups is 2. The number of piperidine rings is 1. The lowest BCUT2D eigenvalue weighted by molar-refractivity contribution is -0.139. The predicted molar refractivity (Wildman–Crippen MR) is 137 cm³/mol. The summed E-state index contributed by atoms with van der Waals surface area (Å²) in [5, 5.41) is 17.8. The minimum Gasteiger partial charge on any atom is -0.487 e. The molecule has 1 amide bonds. The van der Waals surface area contributed by atoms with Crippen molar-refractivity contribution in [2.24, 2.45) is 0 Å². The molecule has 0 unspecified atom stereocenters. The van der Waals surface area contributed by atoms with Crippen molar-refractivity contribution in [2.45, 2.75) is 44.5 Å². The van der Waals surface area contributed by atoms with Crippen molar-refractivity contribution in [1.82, 2.24) is 4.90 Å². The van der Waals surface area contributed by atoms with E-state index in [2.05, 4.69) is 0 Å². The van der Waals surface area contributed by atoms with Crippen LogP contribution in [0, 0.1) is 17.1 Å². The van der Waals surface area contributed by atoms with Crippen LogP contribution in [0.15, 0.2) is 36.4 Å². The zero-order valence-corrected chi connectivity index (χ0v) is 21.8. The SMILES string of the molecule is CC1(C)C(=O)N(c2ccc(C#N)c(C(F)(F)F)c2)C(=S)N1c1ccc(OC2CCN(CC(=O)O)CC2)c(F)c1. The number of nitriles is 1. The fourth-order valence-corrected chi connectivity index (χ4v) is 5.26. The summed E-state index contributed by atoms with van der Waals surface area (Å²) >= 11 is 5.48. The molecule has 2 aliphatic rings. The number of halogens is 4. The molecule has 2 aromatic rings. The summed E-state index contributed by atoms with van der Waals surface area (Å²) in [6.45, 7) is 3.95. The number of alkyl halides is 3. The Hall–Kier alpha value is -3.76. The molecular formula is C26H24F4N4O4S. The molecule has 0 aromatic heterocycles. The molecule has 8 nitrogen and oxygen atoms in total. The van der Waals surface area contributed by atoms with E-state index >= 15 is 4.39 Å². The van der Waals surface area contributed by atoms with Crippen LogP contribution in [0.2, 0.25) is 0 Å².